The average Bonchev–Trinajstić information content (AvgIpc) is 2.65. The number of allylic oxidation sites excluding steroid dienone is 1. The Bertz CT molecular complexity index is 753. The minimum absolute atomic E-state index is 0.232. The van der Waals surface area contributed by atoms with E-state index < -0.39 is 0 Å². The maximum absolute atomic E-state index is 12.3. The molecule has 1 aliphatic carbocycles. The number of aryl methyl sites for hydroxylation is 1. The predicted octanol–water partition coefficient (Wildman–Crippen LogP) is 4.34. The van der Waals surface area contributed by atoms with Gasteiger partial charge in [-0.15, -0.1) is 0 Å². The van der Waals surface area contributed by atoms with Crippen LogP contribution in [0.1, 0.15) is 48.2 Å². The fourth-order valence-corrected chi connectivity index (χ4v) is 2.87. The van der Waals surface area contributed by atoms with Crippen LogP contribution < -0.4 is 10.6 Å². The molecule has 0 fully saturated rings. The maximum atomic E-state index is 12.3. The number of hydrogen-bond donors (Lipinski definition) is 2. The molecule has 0 aliphatic heterocycles. The van der Waals surface area contributed by atoms with Gasteiger partial charge in [0.15, 0.2) is 0 Å². The van der Waals surface area contributed by atoms with Crippen LogP contribution in [-0.4, -0.2) is 22.4 Å². The first-order valence-corrected chi connectivity index (χ1v) is 8.83. The number of nitrogens with one attached hydrogen (secondary N) is 2. The van der Waals surface area contributed by atoms with Gasteiger partial charge in [0.2, 0.25) is 5.95 Å². The first-order valence-electron chi connectivity index (χ1n) is 8.83. The van der Waals surface area contributed by atoms with E-state index in [2.05, 4.69) is 26.7 Å². The van der Waals surface area contributed by atoms with Gasteiger partial charge in [-0.25, -0.2) is 9.97 Å². The number of carbonyl (C=O) groups excluding carboxylic acids is 1. The monoisotopic (exact) mass is 336 g/mol. The molecular formula is C20H24N4O. The van der Waals surface area contributed by atoms with Gasteiger partial charge in [-0.2, -0.15) is 0 Å². The van der Waals surface area contributed by atoms with Crippen LogP contribution in [0.2, 0.25) is 0 Å². The summed E-state index contributed by atoms with van der Waals surface area (Å²) >= 11 is 0. The summed E-state index contributed by atoms with van der Waals surface area (Å²) in [7, 11) is 0. The lowest BCUT2D eigenvalue weighted by Gasteiger charge is -2.13. The molecule has 0 saturated heterocycles. The number of anilines is 2. The van der Waals surface area contributed by atoms with Crippen molar-refractivity contribution in [2.24, 2.45) is 0 Å². The number of amides is 1. The Hall–Kier alpha value is -2.69. The van der Waals surface area contributed by atoms with Gasteiger partial charge in [-0.05, 0) is 57.2 Å². The van der Waals surface area contributed by atoms with Gasteiger partial charge < -0.3 is 10.6 Å². The molecular weight excluding hydrogens is 312 g/mol. The minimum Gasteiger partial charge on any atom is -0.354 e. The summed E-state index contributed by atoms with van der Waals surface area (Å²) in [6.45, 7) is 2.80. The van der Waals surface area contributed by atoms with Crippen LogP contribution in [0.4, 0.5) is 11.6 Å². The van der Waals surface area contributed by atoms with Crippen molar-refractivity contribution in [1.29, 1.82) is 0 Å². The molecule has 0 unspecified atom stereocenters. The lowest BCUT2D eigenvalue weighted by molar-refractivity contribution is 0.102. The van der Waals surface area contributed by atoms with E-state index in [0.717, 1.165) is 24.2 Å². The zero-order chi connectivity index (χ0) is 17.5. The third-order valence-corrected chi connectivity index (χ3v) is 4.31. The molecule has 1 aromatic carbocycles. The van der Waals surface area contributed by atoms with Crippen LogP contribution in [0.3, 0.4) is 0 Å². The number of aromatic nitrogens is 2. The molecule has 0 atom stereocenters. The SMILES string of the molecule is Cc1ccc(NC(=O)c2ccnc(NCCC3=CCCCC3)n2)cc1. The van der Waals surface area contributed by atoms with Gasteiger partial charge >= 0.3 is 0 Å². The van der Waals surface area contributed by atoms with Crippen molar-refractivity contribution in [3.63, 3.8) is 0 Å². The quantitative estimate of drug-likeness (QED) is 0.770. The summed E-state index contributed by atoms with van der Waals surface area (Å²) in [6, 6.07) is 9.31. The molecule has 5 heteroatoms. The normalized spacial score (nSPS) is 13.9. The second kappa shape index (κ2) is 8.42. The Balaban J connectivity index is 1.55. The van der Waals surface area contributed by atoms with Crippen LogP contribution in [0.5, 0.6) is 0 Å². The van der Waals surface area contributed by atoms with Crippen molar-refractivity contribution < 1.29 is 4.79 Å². The lowest BCUT2D eigenvalue weighted by Crippen LogP contribution is -2.15. The molecule has 0 spiro atoms. The molecule has 2 N–H and O–H groups in total. The van der Waals surface area contributed by atoms with Gasteiger partial charge in [0.25, 0.3) is 5.91 Å². The van der Waals surface area contributed by atoms with E-state index in [9.17, 15) is 4.79 Å². The minimum atomic E-state index is -0.232. The highest BCUT2D eigenvalue weighted by Crippen LogP contribution is 2.19. The Kier molecular flexibility index (Phi) is 5.77. The Morgan fingerprint density at radius 1 is 1.16 bits per heavy atom. The summed E-state index contributed by atoms with van der Waals surface area (Å²) in [5.74, 6) is 0.261. The second-order valence-corrected chi connectivity index (χ2v) is 6.37. The molecule has 1 heterocycles. The van der Waals surface area contributed by atoms with Crippen molar-refractivity contribution in [2.75, 3.05) is 17.2 Å². The summed E-state index contributed by atoms with van der Waals surface area (Å²) in [6.07, 6.45) is 9.94. The van der Waals surface area contributed by atoms with Crippen LogP contribution >= 0.6 is 0 Å². The highest BCUT2D eigenvalue weighted by molar-refractivity contribution is 6.02. The average molecular weight is 336 g/mol. The van der Waals surface area contributed by atoms with Gasteiger partial charge in [-0.1, -0.05) is 29.3 Å². The molecule has 1 aliphatic rings. The van der Waals surface area contributed by atoms with Gasteiger partial charge in [0, 0.05) is 18.4 Å². The zero-order valence-electron chi connectivity index (χ0n) is 14.6. The number of carbonyl (C=O) groups is 1. The van der Waals surface area contributed by atoms with E-state index in [4.69, 9.17) is 0 Å². The fraction of sp³-hybridized carbons (Fsp3) is 0.350. The van der Waals surface area contributed by atoms with E-state index in [1.165, 1.54) is 31.3 Å². The largest absolute Gasteiger partial charge is 0.354 e. The Labute approximate surface area is 148 Å². The van der Waals surface area contributed by atoms with Crippen LogP contribution in [-0.2, 0) is 0 Å². The molecule has 2 aromatic rings. The number of nitrogens with zero attached hydrogens (tertiary/aromatic N) is 2. The zero-order valence-corrected chi connectivity index (χ0v) is 14.6. The van der Waals surface area contributed by atoms with E-state index in [-0.39, 0.29) is 5.91 Å². The van der Waals surface area contributed by atoms with E-state index in [1.807, 2.05) is 31.2 Å². The number of rotatable bonds is 6. The second-order valence-electron chi connectivity index (χ2n) is 6.37. The van der Waals surface area contributed by atoms with E-state index in [0.29, 0.717) is 11.6 Å². The first-order chi connectivity index (χ1) is 12.2. The standard InChI is InChI=1S/C20H24N4O/c1-15-7-9-17(10-8-15)23-19(25)18-12-14-22-20(24-18)21-13-11-16-5-3-2-4-6-16/h5,7-10,12,14H,2-4,6,11,13H2,1H3,(H,23,25)(H,21,22,24). The molecule has 1 amide bonds. The molecule has 5 nitrogen and oxygen atoms in total. The predicted molar refractivity (Wildman–Crippen MR) is 101 cm³/mol. The Morgan fingerprint density at radius 3 is 2.76 bits per heavy atom. The smallest absolute Gasteiger partial charge is 0.274 e. The van der Waals surface area contributed by atoms with Gasteiger partial charge in [-0.3, -0.25) is 4.79 Å². The number of hydrogen-bond acceptors (Lipinski definition) is 4. The van der Waals surface area contributed by atoms with E-state index in [1.54, 1.807) is 12.3 Å². The van der Waals surface area contributed by atoms with Crippen molar-refractivity contribution >= 4 is 17.5 Å². The molecule has 130 valence electrons. The third-order valence-electron chi connectivity index (χ3n) is 4.31. The summed E-state index contributed by atoms with van der Waals surface area (Å²) in [4.78, 5) is 20.9. The highest BCUT2D eigenvalue weighted by atomic mass is 16.1. The van der Waals surface area contributed by atoms with Crippen molar-refractivity contribution in [3.8, 4) is 0 Å². The topological polar surface area (TPSA) is 66.9 Å². The molecule has 0 saturated carbocycles. The molecule has 25 heavy (non-hydrogen) atoms. The molecule has 0 bridgehead atoms. The summed E-state index contributed by atoms with van der Waals surface area (Å²) in [5, 5.41) is 6.07. The van der Waals surface area contributed by atoms with Gasteiger partial charge in [0.05, 0.1) is 0 Å². The molecule has 3 rings (SSSR count). The summed E-state index contributed by atoms with van der Waals surface area (Å²) < 4.78 is 0. The molecule has 0 radical (unpaired) electrons. The first kappa shape index (κ1) is 17.1. The lowest BCUT2D eigenvalue weighted by atomic mass is 9.97. The summed E-state index contributed by atoms with van der Waals surface area (Å²) in [5.41, 5.74) is 3.77. The maximum Gasteiger partial charge on any atom is 0.274 e. The fourth-order valence-electron chi connectivity index (χ4n) is 2.87. The Morgan fingerprint density at radius 2 is 2.00 bits per heavy atom. The van der Waals surface area contributed by atoms with Crippen molar-refractivity contribution in [3.05, 3.63) is 59.4 Å². The van der Waals surface area contributed by atoms with E-state index >= 15 is 0 Å². The molecule has 1 aromatic heterocycles. The third kappa shape index (κ3) is 5.14. The van der Waals surface area contributed by atoms with Crippen molar-refractivity contribution in [1.82, 2.24) is 9.97 Å². The van der Waals surface area contributed by atoms with Gasteiger partial charge in [0.1, 0.15) is 5.69 Å². The van der Waals surface area contributed by atoms with Crippen LogP contribution in [0.15, 0.2) is 48.2 Å². The highest BCUT2D eigenvalue weighted by Gasteiger charge is 2.09. The van der Waals surface area contributed by atoms with Crippen LogP contribution in [0.25, 0.3) is 0 Å². The van der Waals surface area contributed by atoms with Crippen molar-refractivity contribution in [2.45, 2.75) is 39.0 Å². The van der Waals surface area contributed by atoms with Crippen LogP contribution in [0, 0.1) is 6.92 Å². The number of benzene rings is 1.